The summed E-state index contributed by atoms with van der Waals surface area (Å²) in [6, 6.07) is 10.5. The molecular weight excluding hydrogens is 506 g/mol. The number of carbonyl (C=O) groups excluding carboxylic acids is 3. The van der Waals surface area contributed by atoms with Gasteiger partial charge in [0.05, 0.1) is 34.7 Å². The molecule has 192 valence electrons. The molecule has 2 amide bonds. The lowest BCUT2D eigenvalue weighted by Crippen LogP contribution is -2.47. The van der Waals surface area contributed by atoms with Crippen LogP contribution in [0.2, 0.25) is 0 Å². The number of nitrogens with zero attached hydrogens (tertiary/aromatic N) is 1. The second kappa shape index (κ2) is 11.2. The van der Waals surface area contributed by atoms with E-state index in [-0.39, 0.29) is 42.5 Å². The normalized spacial score (nSPS) is 19.4. The second-order valence-electron chi connectivity index (χ2n) is 8.26. The minimum Gasteiger partial charge on any atom is -0.463 e. The highest BCUT2D eigenvalue weighted by Crippen LogP contribution is 2.31. The topological polar surface area (TPSA) is 131 Å². The summed E-state index contributed by atoms with van der Waals surface area (Å²) < 4.78 is 37.7. The SMILES string of the molecule is CCOC(=O)C1=C(COC(=O)C2CCN(S(=O)(=O)c3ccccc3)CC2)NC(=O)NC1c1cccs1. The van der Waals surface area contributed by atoms with E-state index in [1.165, 1.54) is 15.6 Å². The Morgan fingerprint density at radius 3 is 2.44 bits per heavy atom. The molecule has 1 saturated heterocycles. The van der Waals surface area contributed by atoms with Crippen LogP contribution < -0.4 is 10.6 Å². The molecule has 4 rings (SSSR count). The minimum absolute atomic E-state index is 0.144. The number of benzene rings is 1. The maximum Gasteiger partial charge on any atom is 0.338 e. The number of carbonyl (C=O) groups is 3. The van der Waals surface area contributed by atoms with Gasteiger partial charge in [0.25, 0.3) is 0 Å². The monoisotopic (exact) mass is 533 g/mol. The number of urea groups is 1. The molecular formula is C24H27N3O7S2. The number of amides is 2. The Labute approximate surface area is 213 Å². The van der Waals surface area contributed by atoms with Crippen molar-refractivity contribution in [1.29, 1.82) is 0 Å². The lowest BCUT2D eigenvalue weighted by molar-refractivity contribution is -0.149. The van der Waals surface area contributed by atoms with Crippen LogP contribution in [0.4, 0.5) is 4.79 Å². The Kier molecular flexibility index (Phi) is 8.07. The van der Waals surface area contributed by atoms with Gasteiger partial charge in [-0.05, 0) is 43.3 Å². The van der Waals surface area contributed by atoms with Crippen LogP contribution in [-0.2, 0) is 29.1 Å². The molecule has 1 fully saturated rings. The summed E-state index contributed by atoms with van der Waals surface area (Å²) in [4.78, 5) is 38.8. The van der Waals surface area contributed by atoms with Gasteiger partial charge >= 0.3 is 18.0 Å². The third-order valence-electron chi connectivity index (χ3n) is 6.00. The second-order valence-corrected chi connectivity index (χ2v) is 11.2. The third-order valence-corrected chi connectivity index (χ3v) is 8.85. The summed E-state index contributed by atoms with van der Waals surface area (Å²) in [5, 5.41) is 7.12. The van der Waals surface area contributed by atoms with Gasteiger partial charge in [-0.15, -0.1) is 11.3 Å². The molecule has 0 bridgehead atoms. The van der Waals surface area contributed by atoms with Crippen LogP contribution in [0.15, 0.2) is 64.0 Å². The van der Waals surface area contributed by atoms with Crippen molar-refractivity contribution in [2.24, 2.45) is 5.92 Å². The Morgan fingerprint density at radius 2 is 1.81 bits per heavy atom. The van der Waals surface area contributed by atoms with Crippen molar-refractivity contribution in [2.75, 3.05) is 26.3 Å². The molecule has 2 aliphatic rings. The molecule has 10 nitrogen and oxygen atoms in total. The first-order valence-corrected chi connectivity index (χ1v) is 13.9. The van der Waals surface area contributed by atoms with Gasteiger partial charge in [-0.25, -0.2) is 18.0 Å². The Morgan fingerprint density at radius 1 is 1.08 bits per heavy atom. The largest absolute Gasteiger partial charge is 0.463 e. The first kappa shape index (κ1) is 25.9. The van der Waals surface area contributed by atoms with E-state index in [1.54, 1.807) is 49.4 Å². The first-order valence-electron chi connectivity index (χ1n) is 11.5. The van der Waals surface area contributed by atoms with Gasteiger partial charge in [0, 0.05) is 18.0 Å². The van der Waals surface area contributed by atoms with Gasteiger partial charge in [-0.2, -0.15) is 4.31 Å². The van der Waals surface area contributed by atoms with Crippen molar-refractivity contribution in [3.05, 3.63) is 64.0 Å². The highest BCUT2D eigenvalue weighted by molar-refractivity contribution is 7.89. The predicted octanol–water partition coefficient (Wildman–Crippen LogP) is 2.56. The van der Waals surface area contributed by atoms with E-state index in [0.29, 0.717) is 12.8 Å². The van der Waals surface area contributed by atoms with Crippen molar-refractivity contribution < 1.29 is 32.3 Å². The molecule has 0 aliphatic carbocycles. The van der Waals surface area contributed by atoms with Gasteiger partial charge in [-0.1, -0.05) is 24.3 Å². The van der Waals surface area contributed by atoms with E-state index >= 15 is 0 Å². The average molecular weight is 534 g/mol. The van der Waals surface area contributed by atoms with E-state index in [0.717, 1.165) is 4.88 Å². The molecule has 3 heterocycles. The van der Waals surface area contributed by atoms with Crippen molar-refractivity contribution in [3.63, 3.8) is 0 Å². The fourth-order valence-electron chi connectivity index (χ4n) is 4.19. The smallest absolute Gasteiger partial charge is 0.338 e. The Bertz CT molecular complexity index is 1240. The lowest BCUT2D eigenvalue weighted by atomic mass is 9.98. The van der Waals surface area contributed by atoms with E-state index in [2.05, 4.69) is 10.6 Å². The van der Waals surface area contributed by atoms with Crippen LogP contribution in [0.25, 0.3) is 0 Å². The molecule has 0 saturated carbocycles. The molecule has 12 heteroatoms. The molecule has 1 unspecified atom stereocenters. The molecule has 1 atom stereocenters. The number of nitrogens with one attached hydrogen (secondary N) is 2. The number of hydrogen-bond donors (Lipinski definition) is 2. The van der Waals surface area contributed by atoms with Crippen molar-refractivity contribution >= 4 is 39.3 Å². The zero-order chi connectivity index (χ0) is 25.7. The number of ether oxygens (including phenoxy) is 2. The summed E-state index contributed by atoms with van der Waals surface area (Å²) >= 11 is 1.37. The quantitative estimate of drug-likeness (QED) is 0.499. The summed E-state index contributed by atoms with van der Waals surface area (Å²) in [6.07, 6.45) is 0.612. The molecule has 0 spiro atoms. The molecule has 2 N–H and O–H groups in total. The lowest BCUT2D eigenvalue weighted by Gasteiger charge is -2.31. The van der Waals surface area contributed by atoms with Crippen molar-refractivity contribution in [1.82, 2.24) is 14.9 Å². The number of esters is 2. The van der Waals surface area contributed by atoms with E-state index in [1.807, 2.05) is 5.38 Å². The van der Waals surface area contributed by atoms with Crippen LogP contribution >= 0.6 is 11.3 Å². The molecule has 1 aromatic carbocycles. The number of rotatable bonds is 8. The van der Waals surface area contributed by atoms with Crippen LogP contribution in [-0.4, -0.2) is 57.0 Å². The van der Waals surface area contributed by atoms with Crippen LogP contribution in [0, 0.1) is 5.92 Å². The Hall–Kier alpha value is -3.22. The van der Waals surface area contributed by atoms with E-state index in [9.17, 15) is 22.8 Å². The molecule has 36 heavy (non-hydrogen) atoms. The summed E-state index contributed by atoms with van der Waals surface area (Å²) in [5.74, 6) is -1.62. The van der Waals surface area contributed by atoms with Crippen LogP contribution in [0.3, 0.4) is 0 Å². The fourth-order valence-corrected chi connectivity index (χ4v) is 6.46. The van der Waals surface area contributed by atoms with Crippen molar-refractivity contribution in [2.45, 2.75) is 30.7 Å². The summed E-state index contributed by atoms with van der Waals surface area (Å²) in [5.41, 5.74) is 0.337. The maximum absolute atomic E-state index is 12.8. The molecule has 1 aromatic heterocycles. The average Bonchev–Trinajstić information content (AvgIpc) is 3.42. The number of hydrogen-bond acceptors (Lipinski definition) is 8. The minimum atomic E-state index is -3.63. The zero-order valence-corrected chi connectivity index (χ0v) is 21.3. The number of sulfonamides is 1. The van der Waals surface area contributed by atoms with E-state index in [4.69, 9.17) is 9.47 Å². The molecule has 2 aromatic rings. The van der Waals surface area contributed by atoms with Crippen LogP contribution in [0.1, 0.15) is 30.7 Å². The van der Waals surface area contributed by atoms with Gasteiger partial charge < -0.3 is 20.1 Å². The number of thiophene rings is 1. The standard InChI is InChI=1S/C24H27N3O7S2/c1-2-33-23(29)20-18(25-24(30)26-21(20)19-9-6-14-35-19)15-34-22(28)16-10-12-27(13-11-16)36(31,32)17-7-4-3-5-8-17/h3-9,14,16,21H,2,10-13,15H2,1H3,(H2,25,26,30). The summed E-state index contributed by atoms with van der Waals surface area (Å²) in [6.45, 7) is 1.89. The predicted molar refractivity (Wildman–Crippen MR) is 131 cm³/mol. The maximum atomic E-state index is 12.8. The highest BCUT2D eigenvalue weighted by atomic mass is 32.2. The number of piperidine rings is 1. The zero-order valence-electron chi connectivity index (χ0n) is 19.6. The third kappa shape index (κ3) is 5.61. The summed E-state index contributed by atoms with van der Waals surface area (Å²) in [7, 11) is -3.63. The molecule has 2 aliphatic heterocycles. The van der Waals surface area contributed by atoms with Gasteiger partial charge in [-0.3, -0.25) is 4.79 Å². The van der Waals surface area contributed by atoms with Gasteiger partial charge in [0.1, 0.15) is 6.61 Å². The Balaban J connectivity index is 1.43. The fraction of sp³-hybridized carbons (Fsp3) is 0.375. The van der Waals surface area contributed by atoms with Crippen molar-refractivity contribution in [3.8, 4) is 0 Å². The first-order chi connectivity index (χ1) is 17.3. The van der Waals surface area contributed by atoms with Crippen LogP contribution in [0.5, 0.6) is 0 Å². The van der Waals surface area contributed by atoms with Gasteiger partial charge in [0.2, 0.25) is 10.0 Å². The highest BCUT2D eigenvalue weighted by Gasteiger charge is 2.36. The van der Waals surface area contributed by atoms with E-state index < -0.39 is 40.0 Å². The van der Waals surface area contributed by atoms with Gasteiger partial charge in [0.15, 0.2) is 0 Å². The molecule has 0 radical (unpaired) electrons.